The number of amides is 1. The lowest BCUT2D eigenvalue weighted by Crippen LogP contribution is -2.42. The van der Waals surface area contributed by atoms with Crippen LogP contribution >= 0.6 is 0 Å². The molecule has 0 aliphatic heterocycles. The van der Waals surface area contributed by atoms with E-state index in [9.17, 15) is 4.79 Å². The molecule has 0 unspecified atom stereocenters. The Hall–Kier alpha value is -2.15. The lowest BCUT2D eigenvalue weighted by molar-refractivity contribution is 0.0930. The highest BCUT2D eigenvalue weighted by atomic mass is 16.1. The number of nitrogens with two attached hydrogens (primary N) is 1. The first kappa shape index (κ1) is 13.9. The second kappa shape index (κ2) is 5.01. The molecular weight excluding hydrogens is 226 g/mol. The molecule has 0 atom stereocenters. The number of carbonyl (C=O) groups excluding carboxylic acids is 1. The first-order chi connectivity index (χ1) is 8.26. The van der Waals surface area contributed by atoms with Gasteiger partial charge >= 0.3 is 0 Å². The molecule has 0 aromatic heterocycles. The molecule has 96 valence electrons. The van der Waals surface area contributed by atoms with Gasteiger partial charge in [-0.2, -0.15) is 0 Å². The van der Waals surface area contributed by atoms with Gasteiger partial charge in [-0.3, -0.25) is 4.79 Å². The van der Waals surface area contributed by atoms with E-state index in [4.69, 9.17) is 12.2 Å². The van der Waals surface area contributed by atoms with Crippen molar-refractivity contribution in [3.05, 3.63) is 23.8 Å². The van der Waals surface area contributed by atoms with Crippen LogP contribution in [0.4, 0.5) is 11.4 Å². The zero-order valence-electron chi connectivity index (χ0n) is 11.2. The zero-order valence-corrected chi connectivity index (χ0v) is 11.2. The van der Waals surface area contributed by atoms with Crippen LogP contribution in [0.15, 0.2) is 18.2 Å². The second-order valence-electron chi connectivity index (χ2n) is 4.89. The first-order valence-corrected chi connectivity index (χ1v) is 5.64. The summed E-state index contributed by atoms with van der Waals surface area (Å²) in [6, 6.07) is 5.23. The van der Waals surface area contributed by atoms with E-state index in [1.807, 2.05) is 25.1 Å². The molecule has 3 N–H and O–H groups in total. The maximum atomic E-state index is 12.2. The number of hydrogen-bond donors (Lipinski definition) is 2. The normalized spacial score (nSPS) is 10.6. The molecule has 0 bridgehead atoms. The third-order valence-corrected chi connectivity index (χ3v) is 2.53. The number of carbonyl (C=O) groups is 1. The number of terminal acetylenes is 1. The summed E-state index contributed by atoms with van der Waals surface area (Å²) in [6.07, 6.45) is 5.36. The number of nitrogens with zero attached hydrogens (tertiary/aromatic N) is 1. The summed E-state index contributed by atoms with van der Waals surface area (Å²) in [4.78, 5) is 14.1. The molecule has 0 aliphatic carbocycles. The molecule has 0 saturated carbocycles. The molecule has 0 fully saturated rings. The monoisotopic (exact) mass is 245 g/mol. The van der Waals surface area contributed by atoms with E-state index < -0.39 is 5.54 Å². The predicted molar refractivity (Wildman–Crippen MR) is 75.6 cm³/mol. The Labute approximate surface area is 108 Å². The number of hydrogen-bond acceptors (Lipinski definition) is 3. The molecule has 1 aromatic rings. The van der Waals surface area contributed by atoms with Gasteiger partial charge in [0.1, 0.15) is 0 Å². The van der Waals surface area contributed by atoms with Crippen molar-refractivity contribution >= 4 is 17.3 Å². The minimum atomic E-state index is -0.689. The van der Waals surface area contributed by atoms with E-state index in [0.29, 0.717) is 11.3 Å². The Balaban J connectivity index is 3.13. The van der Waals surface area contributed by atoms with Crippen LogP contribution in [0.2, 0.25) is 0 Å². The van der Waals surface area contributed by atoms with Gasteiger partial charge in [-0.05, 0) is 32.0 Å². The van der Waals surface area contributed by atoms with Crippen molar-refractivity contribution in [3.8, 4) is 12.3 Å². The highest BCUT2D eigenvalue weighted by Gasteiger charge is 2.20. The van der Waals surface area contributed by atoms with Gasteiger partial charge in [-0.15, -0.1) is 6.42 Å². The van der Waals surface area contributed by atoms with Crippen LogP contribution in [0.5, 0.6) is 0 Å². The SMILES string of the molecule is C#CC(C)(C)NC(=O)c1cc(N)ccc1N(C)C. The Morgan fingerprint density at radius 1 is 1.44 bits per heavy atom. The fourth-order valence-corrected chi connectivity index (χ4v) is 1.51. The summed E-state index contributed by atoms with van der Waals surface area (Å²) in [5.74, 6) is 2.30. The van der Waals surface area contributed by atoms with Crippen LogP contribution < -0.4 is 16.0 Å². The minimum Gasteiger partial charge on any atom is -0.399 e. The van der Waals surface area contributed by atoms with Gasteiger partial charge in [0.2, 0.25) is 0 Å². The second-order valence-corrected chi connectivity index (χ2v) is 4.89. The Morgan fingerprint density at radius 2 is 2.06 bits per heavy atom. The number of nitrogens with one attached hydrogen (secondary N) is 1. The molecule has 1 aromatic carbocycles. The van der Waals surface area contributed by atoms with E-state index in [1.165, 1.54) is 0 Å². The van der Waals surface area contributed by atoms with E-state index in [-0.39, 0.29) is 5.91 Å². The smallest absolute Gasteiger partial charge is 0.254 e. The van der Waals surface area contributed by atoms with Crippen molar-refractivity contribution in [1.82, 2.24) is 5.32 Å². The van der Waals surface area contributed by atoms with Crippen LogP contribution in [0.1, 0.15) is 24.2 Å². The molecule has 0 aliphatic rings. The topological polar surface area (TPSA) is 58.4 Å². The van der Waals surface area contributed by atoms with Crippen LogP contribution in [0, 0.1) is 12.3 Å². The van der Waals surface area contributed by atoms with Gasteiger partial charge < -0.3 is 16.0 Å². The fraction of sp³-hybridized carbons (Fsp3) is 0.357. The molecule has 18 heavy (non-hydrogen) atoms. The fourth-order valence-electron chi connectivity index (χ4n) is 1.51. The third-order valence-electron chi connectivity index (χ3n) is 2.53. The molecule has 1 rings (SSSR count). The van der Waals surface area contributed by atoms with Gasteiger partial charge in [0.05, 0.1) is 11.1 Å². The van der Waals surface area contributed by atoms with Crippen LogP contribution in [-0.4, -0.2) is 25.5 Å². The molecule has 0 spiro atoms. The van der Waals surface area contributed by atoms with Gasteiger partial charge in [-0.1, -0.05) is 5.92 Å². The quantitative estimate of drug-likeness (QED) is 0.626. The molecule has 4 heteroatoms. The number of benzene rings is 1. The summed E-state index contributed by atoms with van der Waals surface area (Å²) in [7, 11) is 3.74. The van der Waals surface area contributed by atoms with Gasteiger partial charge in [0, 0.05) is 25.5 Å². The van der Waals surface area contributed by atoms with Crippen molar-refractivity contribution in [3.63, 3.8) is 0 Å². The first-order valence-electron chi connectivity index (χ1n) is 5.64. The highest BCUT2D eigenvalue weighted by Crippen LogP contribution is 2.22. The largest absolute Gasteiger partial charge is 0.399 e. The van der Waals surface area contributed by atoms with Crippen molar-refractivity contribution in [2.45, 2.75) is 19.4 Å². The Kier molecular flexibility index (Phi) is 3.87. The highest BCUT2D eigenvalue weighted by molar-refractivity contribution is 6.01. The average molecular weight is 245 g/mol. The summed E-state index contributed by atoms with van der Waals surface area (Å²) >= 11 is 0. The van der Waals surface area contributed by atoms with Crippen LogP contribution in [-0.2, 0) is 0 Å². The minimum absolute atomic E-state index is 0.228. The zero-order chi connectivity index (χ0) is 13.9. The number of anilines is 2. The number of nitrogen functional groups attached to an aromatic ring is 1. The van der Waals surface area contributed by atoms with Crippen LogP contribution in [0.3, 0.4) is 0 Å². The molecule has 0 heterocycles. The Bertz CT molecular complexity index is 498. The molecule has 1 amide bonds. The number of rotatable bonds is 3. The molecular formula is C14H19N3O. The molecule has 4 nitrogen and oxygen atoms in total. The van der Waals surface area contributed by atoms with Gasteiger partial charge in [-0.25, -0.2) is 0 Å². The standard InChI is InChI=1S/C14H19N3O/c1-6-14(2,3)16-13(18)11-9-10(15)7-8-12(11)17(4)5/h1,7-9H,15H2,2-5H3,(H,16,18). The van der Waals surface area contributed by atoms with Crippen molar-refractivity contribution in [2.24, 2.45) is 0 Å². The maximum Gasteiger partial charge on any atom is 0.254 e. The average Bonchev–Trinajstić information content (AvgIpc) is 2.28. The summed E-state index contributed by atoms with van der Waals surface area (Å²) in [6.45, 7) is 3.54. The lowest BCUT2D eigenvalue weighted by Gasteiger charge is -2.22. The van der Waals surface area contributed by atoms with E-state index in [1.54, 1.807) is 26.0 Å². The maximum absolute atomic E-state index is 12.2. The Morgan fingerprint density at radius 3 is 2.56 bits per heavy atom. The van der Waals surface area contributed by atoms with Gasteiger partial charge in [0.25, 0.3) is 5.91 Å². The van der Waals surface area contributed by atoms with Crippen molar-refractivity contribution in [1.29, 1.82) is 0 Å². The predicted octanol–water partition coefficient (Wildman–Crippen LogP) is 1.48. The van der Waals surface area contributed by atoms with E-state index in [2.05, 4.69) is 11.2 Å². The summed E-state index contributed by atoms with van der Waals surface area (Å²) in [5, 5.41) is 2.79. The summed E-state index contributed by atoms with van der Waals surface area (Å²) < 4.78 is 0. The van der Waals surface area contributed by atoms with Gasteiger partial charge in [0.15, 0.2) is 0 Å². The molecule has 0 radical (unpaired) electrons. The summed E-state index contributed by atoms with van der Waals surface area (Å²) in [5.41, 5.74) is 6.90. The van der Waals surface area contributed by atoms with Crippen molar-refractivity contribution in [2.75, 3.05) is 24.7 Å². The van der Waals surface area contributed by atoms with Crippen LogP contribution in [0.25, 0.3) is 0 Å². The lowest BCUT2D eigenvalue weighted by atomic mass is 10.0. The van der Waals surface area contributed by atoms with Crippen molar-refractivity contribution < 1.29 is 4.79 Å². The third kappa shape index (κ3) is 3.17. The van der Waals surface area contributed by atoms with E-state index >= 15 is 0 Å². The molecule has 0 saturated heterocycles. The van der Waals surface area contributed by atoms with E-state index in [0.717, 1.165) is 5.69 Å².